The number of thiazole rings is 1. The van der Waals surface area contributed by atoms with Gasteiger partial charge in [0, 0.05) is 96.7 Å². The minimum Gasteiger partial charge on any atom is -0.516 e. The van der Waals surface area contributed by atoms with Gasteiger partial charge in [0.15, 0.2) is 0 Å². The smallest absolute Gasteiger partial charge is 0.120 e. The monoisotopic (exact) mass is 955 g/mol. The van der Waals surface area contributed by atoms with E-state index in [0.29, 0.717) is 17.5 Å². The second-order valence-corrected chi connectivity index (χ2v) is 10.6. The fraction of sp³-hybridized carbons (Fsp3) is 0.121. The Morgan fingerprint density at radius 3 is 2.32 bits per heavy atom. The van der Waals surface area contributed by atoms with Crippen LogP contribution >= 0.6 is 11.3 Å². The predicted molar refractivity (Wildman–Crippen MR) is 164 cm³/mol. The normalized spacial score (nSPS) is 10.4. The number of aromatic nitrogens is 7. The molecule has 2 aromatic carbocycles. The summed E-state index contributed by atoms with van der Waals surface area (Å²) in [5.41, 5.74) is 9.53. The summed E-state index contributed by atoms with van der Waals surface area (Å²) < 4.78 is 9.83. The molecule has 226 valence electrons. The van der Waals surface area contributed by atoms with E-state index >= 15 is 0 Å². The molecule has 0 amide bonds. The van der Waals surface area contributed by atoms with Crippen molar-refractivity contribution in [3.63, 3.8) is 0 Å². The summed E-state index contributed by atoms with van der Waals surface area (Å²) in [6, 6.07) is 18.6. The van der Waals surface area contributed by atoms with Gasteiger partial charge in [-0.2, -0.15) is 0 Å². The number of oxazole rings is 1. The van der Waals surface area contributed by atoms with Crippen LogP contribution in [0.15, 0.2) is 95.5 Å². The summed E-state index contributed by atoms with van der Waals surface area (Å²) in [5, 5.41) is 0. The number of pyridine rings is 1. The van der Waals surface area contributed by atoms with Crippen LogP contribution in [-0.2, 0) is 54.3 Å². The van der Waals surface area contributed by atoms with Gasteiger partial charge in [0.25, 0.3) is 0 Å². The molecule has 0 unspecified atom stereocenters. The molecule has 2 radical (unpaired) electrons. The largest absolute Gasteiger partial charge is 0.516 e. The molecule has 0 saturated carbocycles. The number of rotatable bonds is 5. The molecule has 0 atom stereocenters. The first-order valence-electron chi connectivity index (χ1n) is 13.3. The number of imidazole rings is 2. The fourth-order valence-electron chi connectivity index (χ4n) is 4.68. The Balaban J connectivity index is 0.000000199. The molecule has 44 heavy (non-hydrogen) atoms. The van der Waals surface area contributed by atoms with Crippen molar-refractivity contribution >= 4 is 11.3 Å². The first-order chi connectivity index (χ1) is 20.5. The van der Waals surface area contributed by atoms with Gasteiger partial charge in [0.05, 0.1) is 17.3 Å². The van der Waals surface area contributed by atoms with Gasteiger partial charge in [-0.25, -0.2) is 11.3 Å². The van der Waals surface area contributed by atoms with E-state index in [1.165, 1.54) is 5.56 Å². The van der Waals surface area contributed by atoms with Gasteiger partial charge in [0.1, 0.15) is 5.89 Å². The molecule has 8 nitrogen and oxygen atoms in total. The first kappa shape index (κ1) is 33.0. The molecular weight excluding hydrogens is 927 g/mol. The number of benzene rings is 2. The van der Waals surface area contributed by atoms with Crippen LogP contribution < -0.4 is 0 Å². The molecule has 5 heterocycles. The van der Waals surface area contributed by atoms with E-state index in [9.17, 15) is 0 Å². The summed E-state index contributed by atoms with van der Waals surface area (Å²) in [6.45, 7) is 4.12. The molecule has 0 aliphatic rings. The summed E-state index contributed by atoms with van der Waals surface area (Å²) in [6.07, 6.45) is 15.0. The first-order valence-corrected chi connectivity index (χ1v) is 14.1. The van der Waals surface area contributed by atoms with E-state index in [4.69, 9.17) is 4.42 Å². The van der Waals surface area contributed by atoms with Crippen LogP contribution in [0.5, 0.6) is 0 Å². The SMILES string of the molecule is Cc1cc(-c2ccccc2)cc(-c2n[c-]c(-c3nccn3C)o2)c1.Cc1cnccc1-c1cnc(-c2[c-]ncs2)n1C.[Ir].[Ir]. The van der Waals surface area contributed by atoms with E-state index in [2.05, 4.69) is 79.1 Å². The van der Waals surface area contributed by atoms with Crippen molar-refractivity contribution in [3.05, 3.63) is 115 Å². The molecule has 0 saturated heterocycles. The molecule has 0 bridgehead atoms. The standard InChI is InChI=1S/C20H16N3O.C13H11N4S.2Ir/c1-14-10-16(15-6-4-3-5-7-15)12-17(11-14)20-22-13-18(24-20)19-21-8-9-23(19)2;1-9-5-14-4-3-10(9)11-6-16-13(17(11)2)12-7-15-8-18-12;;/h3-12H,1-2H3;3-6,8H,1-2H3;;/q2*-1;;. The average Bonchev–Trinajstić information content (AvgIpc) is 3.82. The van der Waals surface area contributed by atoms with Crippen LogP contribution in [0, 0.1) is 26.2 Å². The zero-order valence-corrected chi connectivity index (χ0v) is 29.9. The second kappa shape index (κ2) is 14.8. The molecular formula is C33H27Ir2N7OS-2. The van der Waals surface area contributed by atoms with E-state index in [1.54, 1.807) is 29.2 Å². The van der Waals surface area contributed by atoms with Crippen molar-refractivity contribution in [2.45, 2.75) is 13.8 Å². The Kier molecular flexibility index (Phi) is 11.1. The topological polar surface area (TPSA) is 87.4 Å². The minimum absolute atomic E-state index is 0. The molecule has 7 rings (SSSR count). The second-order valence-electron chi connectivity index (χ2n) is 9.79. The Bertz CT molecular complexity index is 1950. The molecule has 5 aromatic heterocycles. The maximum absolute atomic E-state index is 5.89. The third-order valence-electron chi connectivity index (χ3n) is 6.79. The molecule has 11 heteroatoms. The van der Waals surface area contributed by atoms with E-state index in [-0.39, 0.29) is 40.2 Å². The zero-order chi connectivity index (χ0) is 29.1. The van der Waals surface area contributed by atoms with Crippen molar-refractivity contribution in [3.8, 4) is 56.1 Å². The maximum Gasteiger partial charge on any atom is 0.120 e. The Labute approximate surface area is 287 Å². The predicted octanol–water partition coefficient (Wildman–Crippen LogP) is 7.23. The van der Waals surface area contributed by atoms with Gasteiger partial charge in [-0.1, -0.05) is 60.3 Å². The van der Waals surface area contributed by atoms with E-state index < -0.39 is 0 Å². The van der Waals surface area contributed by atoms with Crippen molar-refractivity contribution in [2.24, 2.45) is 14.1 Å². The van der Waals surface area contributed by atoms with Crippen LogP contribution in [0.3, 0.4) is 0 Å². The average molecular weight is 954 g/mol. The zero-order valence-electron chi connectivity index (χ0n) is 24.3. The van der Waals surface area contributed by atoms with Crippen LogP contribution in [-0.4, -0.2) is 34.1 Å². The maximum atomic E-state index is 5.89. The Morgan fingerprint density at radius 2 is 1.61 bits per heavy atom. The molecule has 0 spiro atoms. The van der Waals surface area contributed by atoms with Gasteiger partial charge in [-0.3, -0.25) is 15.0 Å². The van der Waals surface area contributed by atoms with Crippen molar-refractivity contribution < 1.29 is 44.6 Å². The number of nitrogens with zero attached hydrogens (tertiary/aromatic N) is 7. The third kappa shape index (κ3) is 7.09. The Hall–Kier alpha value is -3.85. The summed E-state index contributed by atoms with van der Waals surface area (Å²) >= 11 is 1.54. The van der Waals surface area contributed by atoms with Crippen LogP contribution in [0.25, 0.3) is 56.1 Å². The molecule has 0 N–H and O–H groups in total. The fourth-order valence-corrected chi connectivity index (χ4v) is 5.29. The number of hydrogen-bond acceptors (Lipinski definition) is 7. The van der Waals surface area contributed by atoms with Crippen LogP contribution in [0.1, 0.15) is 11.1 Å². The number of hydrogen-bond donors (Lipinski definition) is 0. The summed E-state index contributed by atoms with van der Waals surface area (Å²) in [5.74, 6) is 2.70. The minimum atomic E-state index is 0. The third-order valence-corrected chi connectivity index (χ3v) is 7.51. The van der Waals surface area contributed by atoms with Crippen LogP contribution in [0.4, 0.5) is 0 Å². The summed E-state index contributed by atoms with van der Waals surface area (Å²) in [4.78, 5) is 22.1. The molecule has 0 aliphatic carbocycles. The number of aryl methyl sites for hydroxylation is 3. The molecule has 0 fully saturated rings. The van der Waals surface area contributed by atoms with Crippen molar-refractivity contribution in [2.75, 3.05) is 0 Å². The van der Waals surface area contributed by atoms with Gasteiger partial charge in [-0.15, -0.1) is 0 Å². The molecule has 7 aromatic rings. The van der Waals surface area contributed by atoms with Crippen molar-refractivity contribution in [1.29, 1.82) is 0 Å². The quantitative estimate of drug-likeness (QED) is 0.170. The Morgan fingerprint density at radius 1 is 0.818 bits per heavy atom. The van der Waals surface area contributed by atoms with Gasteiger partial charge < -0.3 is 23.5 Å². The van der Waals surface area contributed by atoms with Crippen LogP contribution in [0.2, 0.25) is 0 Å². The summed E-state index contributed by atoms with van der Waals surface area (Å²) in [7, 11) is 3.92. The van der Waals surface area contributed by atoms with Gasteiger partial charge in [-0.05, 0) is 58.8 Å². The van der Waals surface area contributed by atoms with Gasteiger partial charge in [0.2, 0.25) is 0 Å². The van der Waals surface area contributed by atoms with E-state index in [0.717, 1.165) is 44.2 Å². The van der Waals surface area contributed by atoms with Gasteiger partial charge >= 0.3 is 0 Å². The van der Waals surface area contributed by atoms with E-state index in [1.807, 2.05) is 68.4 Å². The van der Waals surface area contributed by atoms with Crippen molar-refractivity contribution in [1.82, 2.24) is 34.1 Å². The molecule has 0 aliphatic heterocycles.